The molecule has 0 atom stereocenters. The second-order valence-electron chi connectivity index (χ2n) is 4.79. The first-order valence-corrected chi connectivity index (χ1v) is 6.12. The van der Waals surface area contributed by atoms with E-state index in [4.69, 9.17) is 4.74 Å². The van der Waals surface area contributed by atoms with Crippen LogP contribution in [0.3, 0.4) is 0 Å². The van der Waals surface area contributed by atoms with Crippen LogP contribution in [0.15, 0.2) is 24.3 Å². The molecule has 98 valence electrons. The van der Waals surface area contributed by atoms with E-state index in [0.29, 0.717) is 0 Å². The molecule has 1 fully saturated rings. The second kappa shape index (κ2) is 5.04. The van der Waals surface area contributed by atoms with Crippen molar-refractivity contribution in [2.45, 2.75) is 38.7 Å². The third-order valence-electron chi connectivity index (χ3n) is 3.29. The van der Waals surface area contributed by atoms with E-state index in [1.807, 2.05) is 6.92 Å². The zero-order chi connectivity index (χ0) is 13.2. The van der Waals surface area contributed by atoms with E-state index in [1.165, 1.54) is 12.1 Å². The molecule has 0 saturated heterocycles. The Labute approximate surface area is 105 Å². The molecule has 0 aromatic heterocycles. The summed E-state index contributed by atoms with van der Waals surface area (Å²) in [5.41, 5.74) is 0.994. The lowest BCUT2D eigenvalue weighted by molar-refractivity contribution is -0.221. The molecule has 2 nitrogen and oxygen atoms in total. The Morgan fingerprint density at radius 3 is 2.28 bits per heavy atom. The summed E-state index contributed by atoms with van der Waals surface area (Å²) in [6.45, 7) is 1.88. The maximum atomic E-state index is 13.9. The summed E-state index contributed by atoms with van der Waals surface area (Å²) in [6.07, 6.45) is -2.32. The zero-order valence-corrected chi connectivity index (χ0v) is 10.3. The van der Waals surface area contributed by atoms with Crippen LogP contribution in [0.4, 0.5) is 8.78 Å². The molecular weight excluding hydrogens is 238 g/mol. The fourth-order valence-electron chi connectivity index (χ4n) is 2.12. The van der Waals surface area contributed by atoms with Gasteiger partial charge >= 0.3 is 6.11 Å². The quantitative estimate of drug-likeness (QED) is 0.821. The smallest absolute Gasteiger partial charge is 0.400 e. The van der Waals surface area contributed by atoms with E-state index >= 15 is 0 Å². The van der Waals surface area contributed by atoms with Crippen molar-refractivity contribution < 1.29 is 18.3 Å². The number of hydrogen-bond donors (Lipinski definition) is 0. The third-order valence-corrected chi connectivity index (χ3v) is 3.29. The number of alkyl halides is 2. The van der Waals surface area contributed by atoms with Crippen LogP contribution >= 0.6 is 0 Å². The number of hydrogen-bond acceptors (Lipinski definition) is 2. The molecule has 18 heavy (non-hydrogen) atoms. The first kappa shape index (κ1) is 13.0. The van der Waals surface area contributed by atoms with Crippen molar-refractivity contribution in [1.29, 1.82) is 0 Å². The molecule has 0 unspecified atom stereocenters. The Morgan fingerprint density at radius 1 is 1.17 bits per heavy atom. The Balaban J connectivity index is 2.02. The summed E-state index contributed by atoms with van der Waals surface area (Å²) in [6, 6.07) is 6.54. The molecule has 1 saturated carbocycles. The predicted molar refractivity (Wildman–Crippen MR) is 63.7 cm³/mol. The summed E-state index contributed by atoms with van der Waals surface area (Å²) >= 11 is 0. The van der Waals surface area contributed by atoms with Gasteiger partial charge in [-0.2, -0.15) is 8.78 Å². The summed E-state index contributed by atoms with van der Waals surface area (Å²) in [4.78, 5) is 11.0. The number of ketones is 1. The number of halogens is 2. The highest BCUT2D eigenvalue weighted by molar-refractivity contribution is 5.79. The average molecular weight is 254 g/mol. The van der Waals surface area contributed by atoms with Crippen LogP contribution in [0.2, 0.25) is 0 Å². The molecule has 1 aliphatic carbocycles. The van der Waals surface area contributed by atoms with Crippen molar-refractivity contribution in [3.8, 4) is 5.75 Å². The normalized spacial score (nSPS) is 17.8. The number of carbonyl (C=O) groups is 1. The number of ether oxygens (including phenoxy) is 1. The average Bonchev–Trinajstić information content (AvgIpc) is 2.32. The second-order valence-corrected chi connectivity index (χ2v) is 4.79. The fraction of sp³-hybridized carbons (Fsp3) is 0.500. The predicted octanol–water partition coefficient (Wildman–Crippen LogP) is 3.73. The van der Waals surface area contributed by atoms with E-state index in [1.54, 1.807) is 12.1 Å². The number of aryl methyl sites for hydroxylation is 1. The van der Waals surface area contributed by atoms with E-state index in [9.17, 15) is 13.6 Å². The van der Waals surface area contributed by atoms with Gasteiger partial charge in [-0.25, -0.2) is 0 Å². The van der Waals surface area contributed by atoms with Crippen LogP contribution in [-0.2, 0) is 4.79 Å². The summed E-state index contributed by atoms with van der Waals surface area (Å²) in [5.74, 6) is -0.628. The topological polar surface area (TPSA) is 26.3 Å². The minimum atomic E-state index is -3.20. The molecule has 0 spiro atoms. The molecule has 0 radical (unpaired) electrons. The molecule has 2 rings (SSSR count). The van der Waals surface area contributed by atoms with Gasteiger partial charge in [-0.05, 0) is 31.9 Å². The highest BCUT2D eigenvalue weighted by Crippen LogP contribution is 2.37. The fourth-order valence-corrected chi connectivity index (χ4v) is 2.12. The van der Waals surface area contributed by atoms with Crippen LogP contribution in [0, 0.1) is 12.8 Å². The van der Waals surface area contributed by atoms with Crippen LogP contribution in [0.1, 0.15) is 31.2 Å². The van der Waals surface area contributed by atoms with Gasteiger partial charge in [-0.3, -0.25) is 4.79 Å². The van der Waals surface area contributed by atoms with Gasteiger partial charge in [0.15, 0.2) is 0 Å². The van der Waals surface area contributed by atoms with Crippen molar-refractivity contribution in [3.05, 3.63) is 29.8 Å². The molecule has 4 heteroatoms. The Morgan fingerprint density at radius 2 is 1.72 bits per heavy atom. The number of Topliss-reactive ketones (excluding diaryl/α,β-unsaturated/α-hetero) is 1. The molecule has 1 aliphatic rings. The lowest BCUT2D eigenvalue weighted by atomic mass is 9.87. The van der Waals surface area contributed by atoms with Crippen molar-refractivity contribution in [2.75, 3.05) is 0 Å². The maximum absolute atomic E-state index is 13.9. The van der Waals surface area contributed by atoms with Crippen LogP contribution in [0.25, 0.3) is 0 Å². The molecule has 0 amide bonds. The molecule has 0 heterocycles. The van der Waals surface area contributed by atoms with Crippen molar-refractivity contribution in [3.63, 3.8) is 0 Å². The van der Waals surface area contributed by atoms with Gasteiger partial charge in [0, 0.05) is 12.8 Å². The number of benzene rings is 1. The standard InChI is InChI=1S/C14H16F2O2/c1-10-2-8-13(9-3-10)18-14(15,16)11-4-6-12(17)7-5-11/h2-3,8-9,11H,4-7H2,1H3. The first-order chi connectivity index (χ1) is 8.47. The Bertz CT molecular complexity index is 416. The summed E-state index contributed by atoms with van der Waals surface area (Å²) < 4.78 is 32.6. The summed E-state index contributed by atoms with van der Waals surface area (Å²) in [5, 5.41) is 0. The molecule has 0 N–H and O–H groups in total. The highest BCUT2D eigenvalue weighted by Gasteiger charge is 2.43. The Hall–Kier alpha value is -1.45. The highest BCUT2D eigenvalue weighted by atomic mass is 19.3. The first-order valence-electron chi connectivity index (χ1n) is 6.12. The Kier molecular flexibility index (Phi) is 3.64. The molecule has 0 aliphatic heterocycles. The number of rotatable bonds is 3. The SMILES string of the molecule is Cc1ccc(OC(F)(F)C2CCC(=O)CC2)cc1. The molecule has 0 bridgehead atoms. The number of carbonyl (C=O) groups excluding carboxylic acids is 1. The van der Waals surface area contributed by atoms with Crippen molar-refractivity contribution >= 4 is 5.78 Å². The third kappa shape index (κ3) is 3.06. The monoisotopic (exact) mass is 254 g/mol. The lowest BCUT2D eigenvalue weighted by Crippen LogP contribution is -2.37. The molecular formula is C14H16F2O2. The summed E-state index contributed by atoms with van der Waals surface area (Å²) in [7, 11) is 0. The minimum Gasteiger partial charge on any atom is -0.432 e. The zero-order valence-electron chi connectivity index (χ0n) is 10.3. The van der Waals surface area contributed by atoms with Gasteiger partial charge in [-0.15, -0.1) is 0 Å². The molecule has 1 aromatic rings. The lowest BCUT2D eigenvalue weighted by Gasteiger charge is -2.29. The van der Waals surface area contributed by atoms with Crippen molar-refractivity contribution in [2.24, 2.45) is 5.92 Å². The van der Waals surface area contributed by atoms with E-state index in [2.05, 4.69) is 0 Å². The maximum Gasteiger partial charge on any atom is 0.400 e. The van der Waals surface area contributed by atoms with Crippen molar-refractivity contribution in [1.82, 2.24) is 0 Å². The van der Waals surface area contributed by atoms with Crippen LogP contribution in [-0.4, -0.2) is 11.9 Å². The van der Waals surface area contributed by atoms with Crippen LogP contribution < -0.4 is 4.74 Å². The van der Waals surface area contributed by atoms with Gasteiger partial charge in [0.2, 0.25) is 0 Å². The van der Waals surface area contributed by atoms with Gasteiger partial charge in [0.05, 0.1) is 5.92 Å². The largest absolute Gasteiger partial charge is 0.432 e. The van der Waals surface area contributed by atoms with E-state index < -0.39 is 12.0 Å². The molecule has 1 aromatic carbocycles. The minimum absolute atomic E-state index is 0.0670. The van der Waals surface area contributed by atoms with E-state index in [0.717, 1.165) is 5.56 Å². The van der Waals surface area contributed by atoms with Gasteiger partial charge in [0.1, 0.15) is 11.5 Å². The van der Waals surface area contributed by atoms with Gasteiger partial charge < -0.3 is 4.74 Å². The van der Waals surface area contributed by atoms with E-state index in [-0.39, 0.29) is 37.2 Å². The van der Waals surface area contributed by atoms with Crippen LogP contribution in [0.5, 0.6) is 5.75 Å². The van der Waals surface area contributed by atoms with Gasteiger partial charge in [-0.1, -0.05) is 17.7 Å². The van der Waals surface area contributed by atoms with Gasteiger partial charge in [0.25, 0.3) is 0 Å².